The van der Waals surface area contributed by atoms with E-state index < -0.39 is 0 Å². The number of hydrogen-bond acceptors (Lipinski definition) is 1. The van der Waals surface area contributed by atoms with Gasteiger partial charge in [0.15, 0.2) is 0 Å². The predicted octanol–water partition coefficient (Wildman–Crippen LogP) is 1.99. The molecule has 0 fully saturated rings. The Bertz CT molecular complexity index is 184. The highest BCUT2D eigenvalue weighted by molar-refractivity contribution is 5.47. The average Bonchev–Trinajstić information content (AvgIpc) is 2.12. The van der Waals surface area contributed by atoms with Crippen molar-refractivity contribution in [3.63, 3.8) is 0 Å². The molecule has 0 heterocycles. The molecule has 0 bridgehead atoms. The van der Waals surface area contributed by atoms with E-state index in [1.54, 1.807) is 11.9 Å². The molecule has 0 aliphatic carbocycles. The number of carbonyl (C=O) groups excluding carboxylic acids is 1. The maximum Gasteiger partial charge on any atom is 0.209 e. The quantitative estimate of drug-likeness (QED) is 0.453. The standard InChI is InChI=1S/C10H17NO/c1-5-10(6-2)7-9(3)11(4)8-12/h5-6,8-9H,1,7H2,2-4H3/b10-6+. The molecule has 0 saturated carbocycles. The summed E-state index contributed by atoms with van der Waals surface area (Å²) in [7, 11) is 1.79. The number of nitrogens with zero attached hydrogens (tertiary/aromatic N) is 1. The van der Waals surface area contributed by atoms with Crippen LogP contribution in [0.1, 0.15) is 20.3 Å². The van der Waals surface area contributed by atoms with E-state index in [-0.39, 0.29) is 6.04 Å². The van der Waals surface area contributed by atoms with E-state index >= 15 is 0 Å². The third kappa shape index (κ3) is 3.37. The van der Waals surface area contributed by atoms with Gasteiger partial charge in [-0.25, -0.2) is 0 Å². The number of rotatable bonds is 5. The average molecular weight is 167 g/mol. The molecule has 0 radical (unpaired) electrons. The van der Waals surface area contributed by atoms with Crippen LogP contribution in [0.4, 0.5) is 0 Å². The Morgan fingerprint density at radius 1 is 1.67 bits per heavy atom. The van der Waals surface area contributed by atoms with Crippen LogP contribution in [-0.2, 0) is 4.79 Å². The topological polar surface area (TPSA) is 20.3 Å². The molecule has 0 aromatic carbocycles. The fourth-order valence-corrected chi connectivity index (χ4v) is 0.908. The van der Waals surface area contributed by atoms with Crippen molar-refractivity contribution < 1.29 is 4.79 Å². The molecule has 0 rings (SSSR count). The molecule has 1 unspecified atom stereocenters. The van der Waals surface area contributed by atoms with Gasteiger partial charge in [-0.1, -0.05) is 24.3 Å². The van der Waals surface area contributed by atoms with E-state index in [4.69, 9.17) is 0 Å². The highest BCUT2D eigenvalue weighted by atomic mass is 16.1. The summed E-state index contributed by atoms with van der Waals surface area (Å²) < 4.78 is 0. The molecule has 0 aromatic rings. The second kappa shape index (κ2) is 5.58. The van der Waals surface area contributed by atoms with Crippen LogP contribution in [-0.4, -0.2) is 24.4 Å². The summed E-state index contributed by atoms with van der Waals surface area (Å²) >= 11 is 0. The van der Waals surface area contributed by atoms with Crippen molar-refractivity contribution in [2.24, 2.45) is 0 Å². The Hall–Kier alpha value is -1.05. The largest absolute Gasteiger partial charge is 0.345 e. The first kappa shape index (κ1) is 11.0. The molecule has 1 amide bonds. The summed E-state index contributed by atoms with van der Waals surface area (Å²) in [5.41, 5.74) is 1.18. The van der Waals surface area contributed by atoms with Crippen molar-refractivity contribution in [2.45, 2.75) is 26.3 Å². The summed E-state index contributed by atoms with van der Waals surface area (Å²) in [5.74, 6) is 0. The minimum Gasteiger partial charge on any atom is -0.345 e. The van der Waals surface area contributed by atoms with Gasteiger partial charge in [-0.2, -0.15) is 0 Å². The smallest absolute Gasteiger partial charge is 0.209 e. The molecule has 0 aliphatic heterocycles. The lowest BCUT2D eigenvalue weighted by Gasteiger charge is -2.20. The van der Waals surface area contributed by atoms with Crippen LogP contribution in [0.3, 0.4) is 0 Å². The van der Waals surface area contributed by atoms with E-state index in [1.165, 1.54) is 5.57 Å². The van der Waals surface area contributed by atoms with Gasteiger partial charge in [0.25, 0.3) is 0 Å². The van der Waals surface area contributed by atoms with Gasteiger partial charge in [-0.05, 0) is 20.3 Å². The Balaban J connectivity index is 4.06. The monoisotopic (exact) mass is 167 g/mol. The zero-order valence-electron chi connectivity index (χ0n) is 8.08. The van der Waals surface area contributed by atoms with E-state index in [0.717, 1.165) is 12.8 Å². The number of amides is 1. The molecule has 0 aromatic heterocycles. The van der Waals surface area contributed by atoms with Crippen molar-refractivity contribution in [3.05, 3.63) is 24.3 Å². The van der Waals surface area contributed by atoms with Crippen molar-refractivity contribution in [3.8, 4) is 0 Å². The van der Waals surface area contributed by atoms with E-state index in [9.17, 15) is 4.79 Å². The van der Waals surface area contributed by atoms with Crippen molar-refractivity contribution in [1.29, 1.82) is 0 Å². The van der Waals surface area contributed by atoms with Crippen LogP contribution < -0.4 is 0 Å². The van der Waals surface area contributed by atoms with Crippen molar-refractivity contribution in [1.82, 2.24) is 4.90 Å². The first-order chi connectivity index (χ1) is 5.65. The fourth-order valence-electron chi connectivity index (χ4n) is 0.908. The maximum absolute atomic E-state index is 10.4. The van der Waals surface area contributed by atoms with Gasteiger partial charge in [0.2, 0.25) is 6.41 Å². The van der Waals surface area contributed by atoms with Crippen LogP contribution in [0.2, 0.25) is 0 Å². The normalized spacial score (nSPS) is 13.8. The molecule has 2 heteroatoms. The fraction of sp³-hybridized carbons (Fsp3) is 0.500. The van der Waals surface area contributed by atoms with Crippen LogP contribution in [0.15, 0.2) is 24.3 Å². The number of carbonyl (C=O) groups is 1. The third-order valence-electron chi connectivity index (χ3n) is 2.03. The van der Waals surface area contributed by atoms with E-state index in [2.05, 4.69) is 6.58 Å². The van der Waals surface area contributed by atoms with Gasteiger partial charge in [0.05, 0.1) is 0 Å². The van der Waals surface area contributed by atoms with Crippen LogP contribution in [0.5, 0.6) is 0 Å². The first-order valence-electron chi connectivity index (χ1n) is 4.10. The zero-order chi connectivity index (χ0) is 9.56. The molecular formula is C10H17NO. The second-order valence-corrected chi connectivity index (χ2v) is 2.89. The molecule has 0 spiro atoms. The zero-order valence-corrected chi connectivity index (χ0v) is 8.08. The van der Waals surface area contributed by atoms with E-state index in [1.807, 2.05) is 26.0 Å². The van der Waals surface area contributed by atoms with E-state index in [0.29, 0.717) is 0 Å². The Labute approximate surface area is 74.6 Å². The summed E-state index contributed by atoms with van der Waals surface area (Å²) in [4.78, 5) is 12.0. The van der Waals surface area contributed by atoms with Crippen LogP contribution in [0, 0.1) is 0 Å². The summed E-state index contributed by atoms with van der Waals surface area (Å²) in [6.07, 6.45) is 5.56. The molecule has 68 valence electrons. The first-order valence-corrected chi connectivity index (χ1v) is 4.10. The molecule has 0 saturated heterocycles. The highest BCUT2D eigenvalue weighted by Gasteiger charge is 2.06. The minimum absolute atomic E-state index is 0.242. The Morgan fingerprint density at radius 3 is 2.58 bits per heavy atom. The van der Waals surface area contributed by atoms with Gasteiger partial charge < -0.3 is 4.90 Å². The van der Waals surface area contributed by atoms with Crippen LogP contribution >= 0.6 is 0 Å². The third-order valence-corrected chi connectivity index (χ3v) is 2.03. The SMILES string of the molecule is C=C/C(=C\C)CC(C)N(C)C=O. The molecule has 0 aliphatic rings. The Morgan fingerprint density at radius 2 is 2.25 bits per heavy atom. The minimum atomic E-state index is 0.242. The molecule has 12 heavy (non-hydrogen) atoms. The van der Waals surface area contributed by atoms with Crippen molar-refractivity contribution in [2.75, 3.05) is 7.05 Å². The highest BCUT2D eigenvalue weighted by Crippen LogP contribution is 2.09. The molecular weight excluding hydrogens is 150 g/mol. The summed E-state index contributed by atoms with van der Waals surface area (Å²) in [5, 5.41) is 0. The van der Waals surface area contributed by atoms with Gasteiger partial charge in [0.1, 0.15) is 0 Å². The maximum atomic E-state index is 10.4. The van der Waals surface area contributed by atoms with Gasteiger partial charge in [-0.3, -0.25) is 4.79 Å². The lowest BCUT2D eigenvalue weighted by Crippen LogP contribution is -2.27. The predicted molar refractivity (Wildman–Crippen MR) is 51.9 cm³/mol. The van der Waals surface area contributed by atoms with Gasteiger partial charge in [-0.15, -0.1) is 0 Å². The lowest BCUT2D eigenvalue weighted by atomic mass is 10.1. The second-order valence-electron chi connectivity index (χ2n) is 2.89. The lowest BCUT2D eigenvalue weighted by molar-refractivity contribution is -0.118. The number of allylic oxidation sites excluding steroid dienone is 2. The van der Waals surface area contributed by atoms with Gasteiger partial charge in [0, 0.05) is 13.1 Å². The molecule has 0 N–H and O–H groups in total. The van der Waals surface area contributed by atoms with Crippen LogP contribution in [0.25, 0.3) is 0 Å². The Kier molecular flexibility index (Phi) is 5.09. The number of hydrogen-bond donors (Lipinski definition) is 0. The summed E-state index contributed by atoms with van der Waals surface area (Å²) in [6.45, 7) is 7.69. The molecule has 2 nitrogen and oxygen atoms in total. The summed E-state index contributed by atoms with van der Waals surface area (Å²) in [6, 6.07) is 0.242. The molecule has 1 atom stereocenters. The van der Waals surface area contributed by atoms with Gasteiger partial charge >= 0.3 is 0 Å². The van der Waals surface area contributed by atoms with Crippen molar-refractivity contribution >= 4 is 6.41 Å².